The number of hydrogen-bond donors (Lipinski definition) is 3. The summed E-state index contributed by atoms with van der Waals surface area (Å²) in [5, 5.41) is 14.3. The van der Waals surface area contributed by atoms with E-state index in [2.05, 4.69) is 10.6 Å². The molecule has 8 nitrogen and oxygen atoms in total. The van der Waals surface area contributed by atoms with Gasteiger partial charge in [0.25, 0.3) is 5.91 Å². The van der Waals surface area contributed by atoms with Gasteiger partial charge in [0, 0.05) is 12.5 Å². The lowest BCUT2D eigenvalue weighted by Crippen LogP contribution is -2.54. The van der Waals surface area contributed by atoms with E-state index in [0.29, 0.717) is 25.2 Å². The molecule has 1 saturated heterocycles. The Labute approximate surface area is 133 Å². The van der Waals surface area contributed by atoms with E-state index in [1.165, 1.54) is 25.5 Å². The van der Waals surface area contributed by atoms with Gasteiger partial charge in [0.05, 0.1) is 18.4 Å². The van der Waals surface area contributed by atoms with Crippen LogP contribution in [0.1, 0.15) is 30.1 Å². The second-order valence-corrected chi connectivity index (χ2v) is 5.51. The Bertz CT molecular complexity index is 550. The zero-order valence-electron chi connectivity index (χ0n) is 12.8. The first-order chi connectivity index (χ1) is 11.0. The average molecular weight is 324 g/mol. The Hall–Kier alpha value is -2.35. The van der Waals surface area contributed by atoms with E-state index in [0.717, 1.165) is 6.42 Å². The van der Waals surface area contributed by atoms with Gasteiger partial charge in [0.15, 0.2) is 0 Å². The van der Waals surface area contributed by atoms with Gasteiger partial charge in [-0.25, -0.2) is 4.79 Å². The monoisotopic (exact) mass is 324 g/mol. The minimum absolute atomic E-state index is 0.276. The highest BCUT2D eigenvalue weighted by Gasteiger charge is 2.32. The fraction of sp³-hybridized carbons (Fsp3) is 0.533. The van der Waals surface area contributed by atoms with E-state index in [1.54, 1.807) is 0 Å². The molecule has 2 rings (SSSR count). The first kappa shape index (κ1) is 17.0. The Morgan fingerprint density at radius 1 is 1.35 bits per heavy atom. The fourth-order valence-electron chi connectivity index (χ4n) is 2.43. The number of furan rings is 1. The Morgan fingerprint density at radius 3 is 2.70 bits per heavy atom. The van der Waals surface area contributed by atoms with E-state index in [9.17, 15) is 19.5 Å². The number of rotatable bonds is 6. The topological polar surface area (TPSA) is 118 Å². The van der Waals surface area contributed by atoms with Crippen molar-refractivity contribution in [2.75, 3.05) is 13.2 Å². The van der Waals surface area contributed by atoms with Gasteiger partial charge in [0.1, 0.15) is 18.3 Å². The maximum absolute atomic E-state index is 12.2. The van der Waals surface area contributed by atoms with Gasteiger partial charge in [0.2, 0.25) is 5.91 Å². The Kier molecular flexibility index (Phi) is 5.75. The highest BCUT2D eigenvalue weighted by atomic mass is 16.5. The van der Waals surface area contributed by atoms with Crippen molar-refractivity contribution in [3.05, 3.63) is 24.2 Å². The minimum Gasteiger partial charge on any atom is -0.480 e. The van der Waals surface area contributed by atoms with Crippen molar-refractivity contribution in [3.63, 3.8) is 0 Å². The molecule has 0 radical (unpaired) electrons. The van der Waals surface area contributed by atoms with Crippen molar-refractivity contribution >= 4 is 17.8 Å². The molecule has 2 heterocycles. The van der Waals surface area contributed by atoms with Crippen LogP contribution in [0.15, 0.2) is 23.0 Å². The van der Waals surface area contributed by atoms with Crippen molar-refractivity contribution in [2.24, 2.45) is 5.92 Å². The lowest BCUT2D eigenvalue weighted by atomic mass is 9.93. The molecule has 0 aliphatic carbocycles. The predicted molar refractivity (Wildman–Crippen MR) is 78.7 cm³/mol. The number of aliphatic carboxylic acids is 1. The molecule has 23 heavy (non-hydrogen) atoms. The molecule has 0 saturated carbocycles. The number of carboxylic acid groups (broad SMARTS) is 1. The van der Waals surface area contributed by atoms with Crippen LogP contribution in [0.3, 0.4) is 0 Å². The van der Waals surface area contributed by atoms with Crippen LogP contribution >= 0.6 is 0 Å². The second kappa shape index (κ2) is 7.77. The summed E-state index contributed by atoms with van der Waals surface area (Å²) < 4.78 is 10.1. The highest BCUT2D eigenvalue weighted by molar-refractivity contribution is 5.97. The van der Waals surface area contributed by atoms with Crippen LogP contribution in [-0.2, 0) is 14.3 Å². The lowest BCUT2D eigenvalue weighted by Gasteiger charge is -2.28. The molecule has 2 amide bonds. The third-order valence-electron chi connectivity index (χ3n) is 3.75. The smallest absolute Gasteiger partial charge is 0.326 e. The molecule has 1 fully saturated rings. The standard InChI is InChI=1S/C15H20N2O6/c1-9(16-14(19)11-4-6-23-8-11)13(18)17-12(15(20)21)10-3-2-5-22-7-10/h4,6,8-10,12H,2-3,5,7H2,1H3,(H,16,19)(H,17,18)(H,20,21). The fourth-order valence-corrected chi connectivity index (χ4v) is 2.43. The molecule has 1 aliphatic heterocycles. The van der Waals surface area contributed by atoms with E-state index in [4.69, 9.17) is 9.15 Å². The third-order valence-corrected chi connectivity index (χ3v) is 3.75. The molecule has 3 unspecified atom stereocenters. The summed E-state index contributed by atoms with van der Waals surface area (Å²) in [7, 11) is 0. The van der Waals surface area contributed by atoms with Crippen LogP contribution < -0.4 is 10.6 Å². The van der Waals surface area contributed by atoms with E-state index in [1.807, 2.05) is 0 Å². The van der Waals surface area contributed by atoms with E-state index in [-0.39, 0.29) is 5.92 Å². The Morgan fingerprint density at radius 2 is 2.13 bits per heavy atom. The minimum atomic E-state index is -1.11. The van der Waals surface area contributed by atoms with Crippen LogP contribution in [0.4, 0.5) is 0 Å². The van der Waals surface area contributed by atoms with Crippen LogP contribution in [0.25, 0.3) is 0 Å². The molecule has 0 aromatic carbocycles. The number of carbonyl (C=O) groups is 3. The van der Waals surface area contributed by atoms with Crippen molar-refractivity contribution in [1.29, 1.82) is 0 Å². The number of amides is 2. The van der Waals surface area contributed by atoms with Crippen LogP contribution in [-0.4, -0.2) is 48.2 Å². The summed E-state index contributed by atoms with van der Waals surface area (Å²) in [6.07, 6.45) is 4.05. The number of hydrogen-bond acceptors (Lipinski definition) is 5. The molecule has 0 bridgehead atoms. The largest absolute Gasteiger partial charge is 0.480 e. The van der Waals surface area contributed by atoms with Crippen LogP contribution in [0, 0.1) is 5.92 Å². The van der Waals surface area contributed by atoms with Crippen LogP contribution in [0.5, 0.6) is 0 Å². The number of ether oxygens (including phenoxy) is 1. The van der Waals surface area contributed by atoms with Crippen molar-refractivity contribution in [1.82, 2.24) is 10.6 Å². The maximum Gasteiger partial charge on any atom is 0.326 e. The van der Waals surface area contributed by atoms with Crippen molar-refractivity contribution in [2.45, 2.75) is 31.8 Å². The van der Waals surface area contributed by atoms with E-state index < -0.39 is 29.9 Å². The molecule has 1 aromatic heterocycles. The van der Waals surface area contributed by atoms with Crippen molar-refractivity contribution < 1.29 is 28.6 Å². The Balaban J connectivity index is 1.92. The number of nitrogens with one attached hydrogen (secondary N) is 2. The zero-order valence-corrected chi connectivity index (χ0v) is 12.8. The molecule has 3 atom stereocenters. The maximum atomic E-state index is 12.2. The van der Waals surface area contributed by atoms with Crippen molar-refractivity contribution in [3.8, 4) is 0 Å². The predicted octanol–water partition coefficient (Wildman–Crippen LogP) is 0.394. The van der Waals surface area contributed by atoms with Gasteiger partial charge in [-0.15, -0.1) is 0 Å². The normalized spacial score (nSPS) is 20.3. The molecule has 8 heteroatoms. The number of carbonyl (C=O) groups excluding carboxylic acids is 2. The SMILES string of the molecule is CC(NC(=O)c1ccoc1)C(=O)NC(C(=O)O)C1CCCOC1. The first-order valence-electron chi connectivity index (χ1n) is 7.43. The van der Waals surface area contributed by atoms with Crippen LogP contribution in [0.2, 0.25) is 0 Å². The highest BCUT2D eigenvalue weighted by Crippen LogP contribution is 2.18. The molecular weight excluding hydrogens is 304 g/mol. The summed E-state index contributed by atoms with van der Waals surface area (Å²) in [5.41, 5.74) is 0.292. The van der Waals surface area contributed by atoms with E-state index >= 15 is 0 Å². The summed E-state index contributed by atoms with van der Waals surface area (Å²) in [6.45, 7) is 2.39. The van der Waals surface area contributed by atoms with Gasteiger partial charge in [-0.3, -0.25) is 9.59 Å². The quantitative estimate of drug-likeness (QED) is 0.697. The molecule has 1 aliphatic rings. The summed E-state index contributed by atoms with van der Waals surface area (Å²) in [5.74, 6) is -2.40. The zero-order chi connectivity index (χ0) is 16.8. The van der Waals surface area contributed by atoms with Gasteiger partial charge >= 0.3 is 5.97 Å². The molecular formula is C15H20N2O6. The second-order valence-electron chi connectivity index (χ2n) is 5.51. The number of carboxylic acids is 1. The summed E-state index contributed by atoms with van der Waals surface area (Å²) >= 11 is 0. The average Bonchev–Trinajstić information content (AvgIpc) is 3.07. The summed E-state index contributed by atoms with van der Waals surface area (Å²) in [6, 6.07) is -0.431. The van der Waals surface area contributed by atoms with Gasteiger partial charge < -0.3 is 24.9 Å². The molecule has 0 spiro atoms. The van der Waals surface area contributed by atoms with Gasteiger partial charge in [-0.05, 0) is 25.8 Å². The molecule has 1 aromatic rings. The molecule has 3 N–H and O–H groups in total. The third kappa shape index (κ3) is 4.56. The van der Waals surface area contributed by atoms with Gasteiger partial charge in [-0.2, -0.15) is 0 Å². The molecule has 126 valence electrons. The summed E-state index contributed by atoms with van der Waals surface area (Å²) in [4.78, 5) is 35.4. The lowest BCUT2D eigenvalue weighted by molar-refractivity contribution is -0.145. The first-order valence-corrected chi connectivity index (χ1v) is 7.43. The van der Waals surface area contributed by atoms with Gasteiger partial charge in [-0.1, -0.05) is 0 Å².